The van der Waals surface area contributed by atoms with Crippen LogP contribution in [0.2, 0.25) is 5.02 Å². The van der Waals surface area contributed by atoms with Crippen molar-refractivity contribution in [2.45, 2.75) is 26.9 Å². The zero-order chi connectivity index (χ0) is 17.1. The Morgan fingerprint density at radius 2 is 2.04 bits per heavy atom. The van der Waals surface area contributed by atoms with Crippen molar-refractivity contribution >= 4 is 23.3 Å². The van der Waals surface area contributed by atoms with E-state index in [1.807, 2.05) is 50.4 Å². The van der Waals surface area contributed by atoms with E-state index in [0.29, 0.717) is 17.4 Å². The van der Waals surface area contributed by atoms with Crippen LogP contribution in [0.3, 0.4) is 0 Å². The molecule has 24 heavy (non-hydrogen) atoms. The number of amides is 1. The summed E-state index contributed by atoms with van der Waals surface area (Å²) in [6.07, 6.45) is 1.82. The van der Waals surface area contributed by atoms with Gasteiger partial charge in [-0.25, -0.2) is 0 Å². The summed E-state index contributed by atoms with van der Waals surface area (Å²) in [4.78, 5) is 12.1. The summed E-state index contributed by atoms with van der Waals surface area (Å²) in [5.74, 6) is 0.359. The molecule has 0 saturated heterocycles. The summed E-state index contributed by atoms with van der Waals surface area (Å²) < 4.78 is 3.43. The number of hydrogen-bond acceptors (Lipinski definition) is 3. The number of aromatic nitrogens is 4. The molecule has 1 N–H and O–H groups in total. The first kappa shape index (κ1) is 16.3. The first-order chi connectivity index (χ1) is 11.5. The highest BCUT2D eigenvalue weighted by Gasteiger charge is 2.09. The number of benzene rings is 1. The van der Waals surface area contributed by atoms with Crippen LogP contribution in [0.4, 0.5) is 5.82 Å². The second kappa shape index (κ2) is 6.88. The van der Waals surface area contributed by atoms with Crippen LogP contribution in [0.5, 0.6) is 0 Å². The standard InChI is InChI=1S/C17H18ClN5O/c1-12-8-13(2)23(20-12)11-17(24)19-16-6-7-22(21-16)10-14-4-3-5-15(18)9-14/h3-9H,10-11H2,1-2H3,(H,19,21,24). The highest BCUT2D eigenvalue weighted by molar-refractivity contribution is 6.30. The molecule has 7 heteroatoms. The number of anilines is 1. The van der Waals surface area contributed by atoms with Crippen molar-refractivity contribution in [1.29, 1.82) is 0 Å². The van der Waals surface area contributed by atoms with Crippen molar-refractivity contribution in [1.82, 2.24) is 19.6 Å². The van der Waals surface area contributed by atoms with Gasteiger partial charge < -0.3 is 5.32 Å². The zero-order valence-corrected chi connectivity index (χ0v) is 14.3. The van der Waals surface area contributed by atoms with Gasteiger partial charge in [0.1, 0.15) is 6.54 Å². The lowest BCUT2D eigenvalue weighted by Gasteiger charge is -2.05. The van der Waals surface area contributed by atoms with Gasteiger partial charge in [0.05, 0.1) is 12.2 Å². The number of carbonyl (C=O) groups is 1. The third-order valence-corrected chi connectivity index (χ3v) is 3.77. The van der Waals surface area contributed by atoms with E-state index in [1.165, 1.54) is 0 Å². The smallest absolute Gasteiger partial charge is 0.247 e. The molecule has 1 amide bonds. The Bertz CT molecular complexity index is 868. The first-order valence-corrected chi connectivity index (χ1v) is 7.96. The zero-order valence-electron chi connectivity index (χ0n) is 13.5. The fourth-order valence-corrected chi connectivity index (χ4v) is 2.71. The number of nitrogens with zero attached hydrogens (tertiary/aromatic N) is 4. The minimum Gasteiger partial charge on any atom is -0.308 e. The molecule has 3 rings (SSSR count). The molecule has 0 atom stereocenters. The summed E-state index contributed by atoms with van der Waals surface area (Å²) >= 11 is 5.98. The van der Waals surface area contributed by atoms with Crippen LogP contribution >= 0.6 is 11.6 Å². The quantitative estimate of drug-likeness (QED) is 0.774. The van der Waals surface area contributed by atoms with Gasteiger partial charge in [0.25, 0.3) is 0 Å². The van der Waals surface area contributed by atoms with E-state index in [2.05, 4.69) is 15.5 Å². The Labute approximate surface area is 145 Å². The van der Waals surface area contributed by atoms with Crippen LogP contribution in [0, 0.1) is 13.8 Å². The predicted octanol–water partition coefficient (Wildman–Crippen LogP) is 3.04. The Morgan fingerprint density at radius 1 is 1.21 bits per heavy atom. The van der Waals surface area contributed by atoms with Gasteiger partial charge in [-0.3, -0.25) is 14.2 Å². The van der Waals surface area contributed by atoms with Crippen LogP contribution in [-0.4, -0.2) is 25.5 Å². The normalized spacial score (nSPS) is 10.8. The highest BCUT2D eigenvalue weighted by Crippen LogP contribution is 2.12. The third kappa shape index (κ3) is 4.02. The second-order valence-corrected chi connectivity index (χ2v) is 6.10. The molecule has 0 spiro atoms. The summed E-state index contributed by atoms with van der Waals surface area (Å²) in [7, 11) is 0. The molecule has 0 aliphatic carbocycles. The molecule has 0 bridgehead atoms. The van der Waals surface area contributed by atoms with Crippen LogP contribution in [-0.2, 0) is 17.9 Å². The van der Waals surface area contributed by atoms with E-state index in [-0.39, 0.29) is 12.5 Å². The van der Waals surface area contributed by atoms with Crippen LogP contribution in [0.25, 0.3) is 0 Å². The summed E-state index contributed by atoms with van der Waals surface area (Å²) in [6.45, 7) is 4.58. The van der Waals surface area contributed by atoms with Crippen molar-refractivity contribution in [3.63, 3.8) is 0 Å². The number of aryl methyl sites for hydroxylation is 2. The fourth-order valence-electron chi connectivity index (χ4n) is 2.49. The van der Waals surface area contributed by atoms with E-state index < -0.39 is 0 Å². The minimum absolute atomic E-state index is 0.158. The first-order valence-electron chi connectivity index (χ1n) is 7.58. The Hall–Kier alpha value is -2.60. The van der Waals surface area contributed by atoms with Gasteiger partial charge >= 0.3 is 0 Å². The van der Waals surface area contributed by atoms with Gasteiger partial charge in [0.15, 0.2) is 5.82 Å². The Kier molecular flexibility index (Phi) is 4.66. The average molecular weight is 344 g/mol. The molecule has 0 fully saturated rings. The largest absolute Gasteiger partial charge is 0.308 e. The fraction of sp³-hybridized carbons (Fsp3) is 0.235. The highest BCUT2D eigenvalue weighted by atomic mass is 35.5. The van der Waals surface area contributed by atoms with Crippen LogP contribution in [0.15, 0.2) is 42.6 Å². The van der Waals surface area contributed by atoms with Crippen molar-refractivity contribution in [2.24, 2.45) is 0 Å². The molecule has 6 nitrogen and oxygen atoms in total. The number of halogens is 1. The molecule has 0 aliphatic heterocycles. The lowest BCUT2D eigenvalue weighted by molar-refractivity contribution is -0.117. The Balaban J connectivity index is 1.61. The van der Waals surface area contributed by atoms with Crippen molar-refractivity contribution in [3.05, 3.63) is 64.6 Å². The average Bonchev–Trinajstić information content (AvgIpc) is 3.05. The summed E-state index contributed by atoms with van der Waals surface area (Å²) in [5.41, 5.74) is 2.89. The van der Waals surface area contributed by atoms with Gasteiger partial charge in [-0.2, -0.15) is 10.2 Å². The maximum absolute atomic E-state index is 12.1. The Morgan fingerprint density at radius 3 is 2.75 bits per heavy atom. The molecule has 124 valence electrons. The van der Waals surface area contributed by atoms with Gasteiger partial charge in [-0.1, -0.05) is 23.7 Å². The molecule has 3 aromatic rings. The maximum atomic E-state index is 12.1. The minimum atomic E-state index is -0.158. The van der Waals surface area contributed by atoms with E-state index in [9.17, 15) is 4.79 Å². The molecule has 0 radical (unpaired) electrons. The maximum Gasteiger partial charge on any atom is 0.247 e. The van der Waals surface area contributed by atoms with Gasteiger partial charge in [0.2, 0.25) is 5.91 Å². The van der Waals surface area contributed by atoms with Gasteiger partial charge in [-0.15, -0.1) is 0 Å². The van der Waals surface area contributed by atoms with Crippen molar-refractivity contribution in [3.8, 4) is 0 Å². The molecule has 0 saturated carbocycles. The van der Waals surface area contributed by atoms with E-state index in [4.69, 9.17) is 11.6 Å². The van der Waals surface area contributed by atoms with Crippen molar-refractivity contribution in [2.75, 3.05) is 5.32 Å². The van der Waals surface area contributed by atoms with Crippen LogP contribution < -0.4 is 5.32 Å². The predicted molar refractivity (Wildman–Crippen MR) is 93.1 cm³/mol. The van der Waals surface area contributed by atoms with Gasteiger partial charge in [0, 0.05) is 23.0 Å². The summed E-state index contributed by atoms with van der Waals surface area (Å²) in [5, 5.41) is 12.1. The third-order valence-electron chi connectivity index (χ3n) is 3.54. The SMILES string of the molecule is Cc1cc(C)n(CC(=O)Nc2ccn(Cc3cccc(Cl)c3)n2)n1. The molecular weight excluding hydrogens is 326 g/mol. The molecule has 0 unspecified atom stereocenters. The molecule has 1 aromatic carbocycles. The van der Waals surface area contributed by atoms with E-state index in [0.717, 1.165) is 17.0 Å². The molecule has 2 heterocycles. The number of hydrogen-bond donors (Lipinski definition) is 1. The van der Waals surface area contributed by atoms with E-state index in [1.54, 1.807) is 15.4 Å². The molecule has 0 aliphatic rings. The second-order valence-electron chi connectivity index (χ2n) is 5.66. The number of rotatable bonds is 5. The van der Waals surface area contributed by atoms with E-state index >= 15 is 0 Å². The number of carbonyl (C=O) groups excluding carboxylic acids is 1. The van der Waals surface area contributed by atoms with Gasteiger partial charge in [-0.05, 0) is 37.6 Å². The molecule has 2 aromatic heterocycles. The lowest BCUT2D eigenvalue weighted by Crippen LogP contribution is -2.20. The van der Waals surface area contributed by atoms with Crippen LogP contribution in [0.1, 0.15) is 17.0 Å². The summed E-state index contributed by atoms with van der Waals surface area (Å²) in [6, 6.07) is 11.3. The number of nitrogens with one attached hydrogen (secondary N) is 1. The topological polar surface area (TPSA) is 64.7 Å². The van der Waals surface area contributed by atoms with Crippen molar-refractivity contribution < 1.29 is 4.79 Å². The molecular formula is C17H18ClN5O. The monoisotopic (exact) mass is 343 g/mol. The lowest BCUT2D eigenvalue weighted by atomic mass is 10.2.